The molecule has 1 saturated heterocycles. The second kappa shape index (κ2) is 8.17. The number of fused-ring (bicyclic) bond motifs is 1. The number of carbonyl (C=O) groups excluding carboxylic acids is 1. The van der Waals surface area contributed by atoms with Gasteiger partial charge in [-0.25, -0.2) is 4.98 Å². The van der Waals surface area contributed by atoms with Crippen LogP contribution in [0.2, 0.25) is 5.02 Å². The van der Waals surface area contributed by atoms with Gasteiger partial charge in [-0.3, -0.25) is 4.79 Å². The number of rotatable bonds is 4. The van der Waals surface area contributed by atoms with Crippen LogP contribution in [0, 0.1) is 0 Å². The third-order valence-corrected chi connectivity index (χ3v) is 5.17. The Hall–Kier alpha value is -2.63. The molecule has 1 aliphatic heterocycles. The zero-order chi connectivity index (χ0) is 19.5. The number of morpholine rings is 1. The normalized spacial score (nSPS) is 14.3. The summed E-state index contributed by atoms with van der Waals surface area (Å²) in [7, 11) is 1.97. The molecule has 1 fully saturated rings. The van der Waals surface area contributed by atoms with Crippen molar-refractivity contribution in [3.05, 3.63) is 70.7 Å². The third-order valence-electron chi connectivity index (χ3n) is 4.93. The molecule has 0 spiro atoms. The van der Waals surface area contributed by atoms with E-state index in [-0.39, 0.29) is 5.91 Å². The van der Waals surface area contributed by atoms with Gasteiger partial charge in [0, 0.05) is 37.1 Å². The topological polar surface area (TPSA) is 45.7 Å². The van der Waals surface area contributed by atoms with Crippen molar-refractivity contribution < 1.29 is 9.53 Å². The van der Waals surface area contributed by atoms with Gasteiger partial charge in [-0.15, -0.1) is 0 Å². The maximum absolute atomic E-state index is 13.2. The van der Waals surface area contributed by atoms with E-state index >= 15 is 0 Å². The van der Waals surface area contributed by atoms with Crippen LogP contribution in [0.25, 0.3) is 10.9 Å². The summed E-state index contributed by atoms with van der Waals surface area (Å²) < 4.78 is 5.39. The highest BCUT2D eigenvalue weighted by Gasteiger charge is 2.22. The molecule has 0 bridgehead atoms. The number of amides is 1. The Balaban J connectivity index is 1.70. The van der Waals surface area contributed by atoms with Crippen molar-refractivity contribution in [1.82, 2.24) is 9.88 Å². The number of hydrogen-bond acceptors (Lipinski definition) is 4. The number of anilines is 1. The number of pyridine rings is 1. The van der Waals surface area contributed by atoms with E-state index in [1.807, 2.05) is 71.4 Å². The van der Waals surface area contributed by atoms with Gasteiger partial charge < -0.3 is 14.5 Å². The first-order valence-electron chi connectivity index (χ1n) is 9.34. The average Bonchev–Trinajstić information content (AvgIpc) is 2.73. The fraction of sp³-hybridized carbons (Fsp3) is 0.273. The minimum Gasteiger partial charge on any atom is -0.378 e. The van der Waals surface area contributed by atoms with Crippen molar-refractivity contribution in [2.45, 2.75) is 6.54 Å². The molecule has 0 radical (unpaired) electrons. The Bertz CT molecular complexity index is 1000. The largest absolute Gasteiger partial charge is 0.378 e. The molecule has 0 saturated carbocycles. The van der Waals surface area contributed by atoms with Crippen molar-refractivity contribution in [3.63, 3.8) is 0 Å². The van der Waals surface area contributed by atoms with E-state index in [0.29, 0.717) is 43.4 Å². The van der Waals surface area contributed by atoms with Crippen LogP contribution < -0.4 is 4.90 Å². The predicted molar refractivity (Wildman–Crippen MR) is 112 cm³/mol. The molecule has 28 heavy (non-hydrogen) atoms. The average molecular weight is 396 g/mol. The molecule has 2 aromatic carbocycles. The molecule has 1 amide bonds. The second-order valence-corrected chi connectivity index (χ2v) is 7.37. The molecule has 144 valence electrons. The summed E-state index contributed by atoms with van der Waals surface area (Å²) in [5.41, 5.74) is 2.58. The molecule has 5 nitrogen and oxygen atoms in total. The Kier molecular flexibility index (Phi) is 5.46. The second-order valence-electron chi connectivity index (χ2n) is 6.94. The molecule has 6 heteroatoms. The van der Waals surface area contributed by atoms with E-state index in [1.165, 1.54) is 0 Å². The SMILES string of the molecule is CN(Cc1cccc(Cl)c1)c1cc(C(=O)N2CCOCC2)c2ccccc2n1. The first kappa shape index (κ1) is 18.7. The first-order chi connectivity index (χ1) is 13.6. The van der Waals surface area contributed by atoms with Crippen LogP contribution in [0.1, 0.15) is 15.9 Å². The number of carbonyl (C=O) groups is 1. The van der Waals surface area contributed by atoms with Crippen LogP contribution >= 0.6 is 11.6 Å². The molecular weight excluding hydrogens is 374 g/mol. The number of para-hydroxylation sites is 1. The molecular formula is C22H22ClN3O2. The fourth-order valence-corrected chi connectivity index (χ4v) is 3.67. The summed E-state index contributed by atoms with van der Waals surface area (Å²) in [6.45, 7) is 3.04. The van der Waals surface area contributed by atoms with E-state index in [1.54, 1.807) is 0 Å². The smallest absolute Gasteiger partial charge is 0.254 e. The molecule has 1 aromatic heterocycles. The van der Waals surface area contributed by atoms with Gasteiger partial charge in [-0.1, -0.05) is 41.9 Å². The predicted octanol–water partition coefficient (Wildman–Crippen LogP) is 4.00. The fourth-order valence-electron chi connectivity index (χ4n) is 3.46. The molecule has 0 atom stereocenters. The highest BCUT2D eigenvalue weighted by Crippen LogP contribution is 2.25. The van der Waals surface area contributed by atoms with E-state index in [9.17, 15) is 4.79 Å². The zero-order valence-corrected chi connectivity index (χ0v) is 16.5. The maximum atomic E-state index is 13.2. The monoisotopic (exact) mass is 395 g/mol. The number of benzene rings is 2. The molecule has 0 N–H and O–H groups in total. The highest BCUT2D eigenvalue weighted by atomic mass is 35.5. The van der Waals surface area contributed by atoms with E-state index < -0.39 is 0 Å². The van der Waals surface area contributed by atoms with Crippen molar-refractivity contribution in [2.75, 3.05) is 38.3 Å². The highest BCUT2D eigenvalue weighted by molar-refractivity contribution is 6.30. The zero-order valence-electron chi connectivity index (χ0n) is 15.8. The van der Waals surface area contributed by atoms with Gasteiger partial charge in [-0.05, 0) is 29.8 Å². The van der Waals surface area contributed by atoms with Crippen molar-refractivity contribution in [1.29, 1.82) is 0 Å². The van der Waals surface area contributed by atoms with Crippen LogP contribution in [-0.2, 0) is 11.3 Å². The Labute approximate surface area is 169 Å². The molecule has 1 aliphatic rings. The van der Waals surface area contributed by atoms with Crippen molar-refractivity contribution in [3.8, 4) is 0 Å². The minimum absolute atomic E-state index is 0.0271. The van der Waals surface area contributed by atoms with Crippen LogP contribution in [0.3, 0.4) is 0 Å². The van der Waals surface area contributed by atoms with Gasteiger partial charge in [0.05, 0.1) is 24.3 Å². The lowest BCUT2D eigenvalue weighted by molar-refractivity contribution is 0.0304. The minimum atomic E-state index is 0.0271. The van der Waals surface area contributed by atoms with Gasteiger partial charge in [0.25, 0.3) is 5.91 Å². The number of nitrogens with zero attached hydrogens (tertiary/aromatic N) is 3. The quantitative estimate of drug-likeness (QED) is 0.670. The lowest BCUT2D eigenvalue weighted by Crippen LogP contribution is -2.40. The molecule has 0 unspecified atom stereocenters. The molecule has 3 aromatic rings. The Morgan fingerprint density at radius 2 is 1.93 bits per heavy atom. The molecule has 2 heterocycles. The lowest BCUT2D eigenvalue weighted by atomic mass is 10.1. The number of ether oxygens (including phenoxy) is 1. The lowest BCUT2D eigenvalue weighted by Gasteiger charge is -2.28. The Morgan fingerprint density at radius 3 is 2.71 bits per heavy atom. The summed E-state index contributed by atoms with van der Waals surface area (Å²) in [6, 6.07) is 17.4. The van der Waals surface area contributed by atoms with E-state index in [4.69, 9.17) is 21.3 Å². The van der Waals surface area contributed by atoms with Crippen LogP contribution in [0.15, 0.2) is 54.6 Å². The summed E-state index contributed by atoms with van der Waals surface area (Å²) in [5, 5.41) is 1.58. The van der Waals surface area contributed by atoms with Gasteiger partial charge in [0.2, 0.25) is 0 Å². The number of halogens is 1. The van der Waals surface area contributed by atoms with Crippen LogP contribution in [0.4, 0.5) is 5.82 Å². The maximum Gasteiger partial charge on any atom is 0.254 e. The van der Waals surface area contributed by atoms with E-state index in [2.05, 4.69) is 0 Å². The van der Waals surface area contributed by atoms with Crippen molar-refractivity contribution in [2.24, 2.45) is 0 Å². The number of aromatic nitrogens is 1. The van der Waals surface area contributed by atoms with Gasteiger partial charge in [0.1, 0.15) is 5.82 Å². The summed E-state index contributed by atoms with van der Waals surface area (Å²) in [6.07, 6.45) is 0. The van der Waals surface area contributed by atoms with Crippen molar-refractivity contribution >= 4 is 34.2 Å². The number of hydrogen-bond donors (Lipinski definition) is 0. The first-order valence-corrected chi connectivity index (χ1v) is 9.72. The molecule has 4 rings (SSSR count). The summed E-state index contributed by atoms with van der Waals surface area (Å²) >= 11 is 6.11. The van der Waals surface area contributed by atoms with E-state index in [0.717, 1.165) is 22.3 Å². The molecule has 0 aliphatic carbocycles. The van der Waals surface area contributed by atoms with Gasteiger partial charge >= 0.3 is 0 Å². The van der Waals surface area contributed by atoms with Crippen LogP contribution in [-0.4, -0.2) is 49.1 Å². The Morgan fingerprint density at radius 1 is 1.14 bits per heavy atom. The van der Waals surface area contributed by atoms with Crippen LogP contribution in [0.5, 0.6) is 0 Å². The van der Waals surface area contributed by atoms with Gasteiger partial charge in [0.15, 0.2) is 0 Å². The standard InChI is InChI=1S/C22H22ClN3O2/c1-25(15-16-5-4-6-17(23)13-16)21-14-19(18-7-2-3-8-20(18)24-21)22(27)26-9-11-28-12-10-26/h2-8,13-14H,9-12,15H2,1H3. The third kappa shape index (κ3) is 3.96. The van der Waals surface area contributed by atoms with Gasteiger partial charge in [-0.2, -0.15) is 0 Å². The summed E-state index contributed by atoms with van der Waals surface area (Å²) in [4.78, 5) is 21.9. The summed E-state index contributed by atoms with van der Waals surface area (Å²) in [5.74, 6) is 0.787.